The first kappa shape index (κ1) is 22.0. The number of carbonyl (C=O) groups is 1. The van der Waals surface area contributed by atoms with E-state index in [2.05, 4.69) is 30.8 Å². The van der Waals surface area contributed by atoms with Crippen molar-refractivity contribution in [3.63, 3.8) is 0 Å². The molecule has 190 valence electrons. The number of amides is 1. The number of nitrogens with one attached hydrogen (secondary N) is 3. The maximum Gasteiger partial charge on any atom is 0.246 e. The molecule has 3 aromatic rings. The topological polar surface area (TPSA) is 106 Å². The van der Waals surface area contributed by atoms with E-state index in [0.717, 1.165) is 37.1 Å². The lowest BCUT2D eigenvalue weighted by atomic mass is 10.0. The van der Waals surface area contributed by atoms with Gasteiger partial charge >= 0.3 is 0 Å². The second-order valence-electron chi connectivity index (χ2n) is 10.8. The Hall–Kier alpha value is -3.21. The number of halogens is 1. The van der Waals surface area contributed by atoms with Crippen molar-refractivity contribution in [1.82, 2.24) is 35.0 Å². The van der Waals surface area contributed by atoms with E-state index in [1.807, 2.05) is 24.4 Å². The summed E-state index contributed by atoms with van der Waals surface area (Å²) >= 11 is 0. The highest BCUT2D eigenvalue weighted by molar-refractivity contribution is 5.86. The van der Waals surface area contributed by atoms with Gasteiger partial charge in [0.25, 0.3) is 0 Å². The molecule has 3 aromatic heterocycles. The van der Waals surface area contributed by atoms with Crippen LogP contribution in [0.5, 0.6) is 0 Å². The number of likely N-dealkylation sites (tertiary alicyclic amines) is 1. The van der Waals surface area contributed by atoms with Crippen LogP contribution in [0.2, 0.25) is 0 Å². The molecule has 0 spiro atoms. The maximum atomic E-state index is 14.7. The molecule has 5 heterocycles. The highest BCUT2D eigenvalue weighted by Gasteiger charge is 2.40. The van der Waals surface area contributed by atoms with Crippen molar-refractivity contribution in [2.45, 2.75) is 75.2 Å². The summed E-state index contributed by atoms with van der Waals surface area (Å²) in [5, 5.41) is 18.6. The Balaban J connectivity index is 1.12. The fraction of sp³-hybridized carbons (Fsp3) is 0.600. The molecule has 3 N–H and O–H groups in total. The molecule has 2 aliphatic carbocycles. The first-order valence-corrected chi connectivity index (χ1v) is 13.2. The molecule has 0 aromatic carbocycles. The average molecular weight is 494 g/mol. The second kappa shape index (κ2) is 8.72. The van der Waals surface area contributed by atoms with Gasteiger partial charge in [-0.3, -0.25) is 14.8 Å². The van der Waals surface area contributed by atoms with Crippen LogP contribution < -0.4 is 15.5 Å². The lowest BCUT2D eigenvalue weighted by Crippen LogP contribution is -2.53. The van der Waals surface area contributed by atoms with E-state index < -0.39 is 12.2 Å². The Bertz CT molecular complexity index is 1270. The number of hydrogen-bond acceptors (Lipinski definition) is 7. The summed E-state index contributed by atoms with van der Waals surface area (Å²) in [6.45, 7) is 2.09. The molecule has 36 heavy (non-hydrogen) atoms. The van der Waals surface area contributed by atoms with E-state index in [-0.39, 0.29) is 24.9 Å². The van der Waals surface area contributed by atoms with Crippen LogP contribution in [-0.2, 0) is 4.79 Å². The third-order valence-electron chi connectivity index (χ3n) is 7.91. The van der Waals surface area contributed by atoms with Crippen LogP contribution in [0.3, 0.4) is 0 Å². The van der Waals surface area contributed by atoms with Crippen molar-refractivity contribution in [2.75, 3.05) is 29.9 Å². The van der Waals surface area contributed by atoms with Crippen LogP contribution in [-0.4, -0.2) is 79.5 Å². The highest BCUT2D eigenvalue weighted by atomic mass is 19.1. The first-order chi connectivity index (χ1) is 17.6. The third-order valence-corrected chi connectivity index (χ3v) is 7.91. The molecule has 2 saturated heterocycles. The fourth-order valence-corrected chi connectivity index (χ4v) is 5.71. The van der Waals surface area contributed by atoms with Gasteiger partial charge in [-0.15, -0.1) is 5.10 Å². The summed E-state index contributed by atoms with van der Waals surface area (Å²) < 4.78 is 16.4. The van der Waals surface area contributed by atoms with E-state index in [9.17, 15) is 9.18 Å². The first-order valence-electron chi connectivity index (χ1n) is 13.2. The molecule has 2 saturated carbocycles. The molecule has 3 atom stereocenters. The molecule has 11 heteroatoms. The lowest BCUT2D eigenvalue weighted by Gasteiger charge is -2.34. The summed E-state index contributed by atoms with van der Waals surface area (Å²) in [5.74, 6) is 2.02. The molecule has 0 bridgehead atoms. The Morgan fingerprint density at radius 2 is 2.06 bits per heavy atom. The van der Waals surface area contributed by atoms with E-state index in [1.54, 1.807) is 9.42 Å². The molecule has 1 amide bonds. The van der Waals surface area contributed by atoms with Crippen molar-refractivity contribution >= 4 is 29.0 Å². The largest absolute Gasteiger partial charge is 0.350 e. The van der Waals surface area contributed by atoms with Gasteiger partial charge in [0, 0.05) is 48.9 Å². The predicted octanol–water partition coefficient (Wildman–Crippen LogP) is 2.73. The zero-order valence-corrected chi connectivity index (χ0v) is 20.2. The number of piperidine rings is 1. The molecule has 0 unspecified atom stereocenters. The van der Waals surface area contributed by atoms with Gasteiger partial charge in [-0.25, -0.2) is 8.91 Å². The van der Waals surface area contributed by atoms with Gasteiger partial charge in [-0.1, -0.05) is 0 Å². The maximum absolute atomic E-state index is 14.7. The summed E-state index contributed by atoms with van der Waals surface area (Å²) in [7, 11) is 0. The van der Waals surface area contributed by atoms with Gasteiger partial charge in [0.15, 0.2) is 11.6 Å². The highest BCUT2D eigenvalue weighted by Crippen LogP contribution is 2.40. The van der Waals surface area contributed by atoms with Gasteiger partial charge in [-0.05, 0) is 57.2 Å². The number of rotatable bonds is 7. The van der Waals surface area contributed by atoms with Crippen molar-refractivity contribution < 1.29 is 9.18 Å². The standard InChI is InChI=1S/C25H32FN9O/c26-16-11-21(24(36)27-17-3-1-9-33(14-17)18-7-8-18)34(13-16)25-29-23(20-4-2-10-35(20)32-25)28-22-12-19(30-31-22)15-5-6-15/h2,4,10,12,15-18,21H,1,3,5-9,11,13-14H2,(H,27,36)(H2,28,29,30,31,32)/t16-,17-,21+/m1/s1. The summed E-state index contributed by atoms with van der Waals surface area (Å²) in [5.41, 5.74) is 1.91. The normalized spacial score (nSPS) is 27.0. The van der Waals surface area contributed by atoms with Crippen molar-refractivity contribution in [3.8, 4) is 0 Å². The van der Waals surface area contributed by atoms with E-state index in [1.165, 1.54) is 25.7 Å². The summed E-state index contributed by atoms with van der Waals surface area (Å²) in [6, 6.07) is 5.98. The SMILES string of the molecule is O=C(N[C@@H]1CCCN(C2CC2)C1)[C@@H]1C[C@@H](F)CN1c1nc(Nc2cc(C3CC3)[nH]n2)c2cccn2n1. The van der Waals surface area contributed by atoms with E-state index in [4.69, 9.17) is 4.98 Å². The average Bonchev–Trinajstić information content (AvgIpc) is 3.77. The number of fused-ring (bicyclic) bond motifs is 1. The van der Waals surface area contributed by atoms with Crippen LogP contribution in [0.1, 0.15) is 56.6 Å². The van der Waals surface area contributed by atoms with Gasteiger partial charge in [0.1, 0.15) is 17.7 Å². The third kappa shape index (κ3) is 4.29. The van der Waals surface area contributed by atoms with Crippen LogP contribution in [0.25, 0.3) is 5.52 Å². The van der Waals surface area contributed by atoms with Crippen molar-refractivity contribution in [1.29, 1.82) is 0 Å². The summed E-state index contributed by atoms with van der Waals surface area (Å²) in [6.07, 6.45) is 7.81. The van der Waals surface area contributed by atoms with Crippen LogP contribution in [0, 0.1) is 0 Å². The number of H-pyrrole nitrogens is 1. The lowest BCUT2D eigenvalue weighted by molar-refractivity contribution is -0.123. The van der Waals surface area contributed by atoms with Crippen LogP contribution in [0.4, 0.5) is 22.0 Å². The molecule has 4 fully saturated rings. The number of aromatic amines is 1. The number of hydrogen-bond donors (Lipinski definition) is 3. The minimum Gasteiger partial charge on any atom is -0.350 e. The summed E-state index contributed by atoms with van der Waals surface area (Å²) in [4.78, 5) is 22.3. The Morgan fingerprint density at radius 1 is 1.17 bits per heavy atom. The Kier molecular flexibility index (Phi) is 5.33. The number of carbonyl (C=O) groups excluding carboxylic acids is 1. The van der Waals surface area contributed by atoms with Crippen LogP contribution in [0.15, 0.2) is 24.4 Å². The second-order valence-corrected chi connectivity index (χ2v) is 10.8. The quantitative estimate of drug-likeness (QED) is 0.465. The van der Waals surface area contributed by atoms with Gasteiger partial charge in [-0.2, -0.15) is 10.1 Å². The monoisotopic (exact) mass is 493 g/mol. The van der Waals surface area contributed by atoms with Gasteiger partial charge in [0.2, 0.25) is 11.9 Å². The number of nitrogens with zero attached hydrogens (tertiary/aromatic N) is 6. The smallest absolute Gasteiger partial charge is 0.246 e. The molecule has 10 nitrogen and oxygen atoms in total. The molecule has 7 rings (SSSR count). The number of alkyl halides is 1. The van der Waals surface area contributed by atoms with Crippen molar-refractivity contribution in [3.05, 3.63) is 30.1 Å². The Labute approximate surface area is 208 Å². The number of aromatic nitrogens is 5. The minimum atomic E-state index is -1.11. The zero-order valence-electron chi connectivity index (χ0n) is 20.2. The Morgan fingerprint density at radius 3 is 2.89 bits per heavy atom. The van der Waals surface area contributed by atoms with Crippen LogP contribution >= 0.6 is 0 Å². The zero-order chi connectivity index (χ0) is 24.2. The molecule has 2 aliphatic heterocycles. The fourth-order valence-electron chi connectivity index (χ4n) is 5.71. The molecule has 4 aliphatic rings. The van der Waals surface area contributed by atoms with E-state index >= 15 is 0 Å². The van der Waals surface area contributed by atoms with Gasteiger partial charge < -0.3 is 15.5 Å². The number of anilines is 3. The molecular formula is C25H32FN9O. The van der Waals surface area contributed by atoms with Gasteiger partial charge in [0.05, 0.1) is 6.54 Å². The van der Waals surface area contributed by atoms with Crippen molar-refractivity contribution in [2.24, 2.45) is 0 Å². The molecular weight excluding hydrogens is 461 g/mol. The minimum absolute atomic E-state index is 0.0946. The van der Waals surface area contributed by atoms with E-state index in [0.29, 0.717) is 29.5 Å². The molecule has 0 radical (unpaired) electrons. The predicted molar refractivity (Wildman–Crippen MR) is 133 cm³/mol.